The molecule has 0 bridgehead atoms. The van der Waals surface area contributed by atoms with Crippen molar-refractivity contribution >= 4 is 29.3 Å². The van der Waals surface area contributed by atoms with Crippen LogP contribution in [0.3, 0.4) is 0 Å². The number of rotatable bonds is 6. The van der Waals surface area contributed by atoms with Crippen molar-refractivity contribution in [2.75, 3.05) is 17.2 Å². The fourth-order valence-corrected chi connectivity index (χ4v) is 2.19. The first-order valence-electron chi connectivity index (χ1n) is 8.08. The van der Waals surface area contributed by atoms with Crippen LogP contribution in [0.15, 0.2) is 48.5 Å². The number of primary amides is 1. The van der Waals surface area contributed by atoms with Gasteiger partial charge in [0, 0.05) is 11.4 Å². The Morgan fingerprint density at radius 3 is 2.00 bits per heavy atom. The highest BCUT2D eigenvalue weighted by molar-refractivity contribution is 5.96. The maximum Gasteiger partial charge on any atom is 0.338 e. The number of carbonyl (C=O) groups excluding carboxylic acids is 3. The summed E-state index contributed by atoms with van der Waals surface area (Å²) in [5, 5.41) is 5.05. The van der Waals surface area contributed by atoms with E-state index in [-0.39, 0.29) is 5.56 Å². The minimum atomic E-state index is -0.696. The second kappa shape index (κ2) is 8.66. The molecular weight excluding hydrogens is 334 g/mol. The molecular formula is C19H21N3O4. The molecule has 26 heavy (non-hydrogen) atoms. The predicted molar refractivity (Wildman–Crippen MR) is 99.1 cm³/mol. The van der Waals surface area contributed by atoms with Gasteiger partial charge in [0.1, 0.15) is 0 Å². The molecule has 0 aliphatic rings. The molecule has 0 saturated heterocycles. The van der Waals surface area contributed by atoms with E-state index in [0.29, 0.717) is 17.3 Å². The van der Waals surface area contributed by atoms with Gasteiger partial charge in [0.15, 0.2) is 6.61 Å². The molecule has 7 heteroatoms. The number of anilines is 2. The van der Waals surface area contributed by atoms with E-state index in [1.165, 1.54) is 29.8 Å². The minimum absolute atomic E-state index is 0.258. The summed E-state index contributed by atoms with van der Waals surface area (Å²) < 4.78 is 4.98. The van der Waals surface area contributed by atoms with Gasteiger partial charge in [-0.3, -0.25) is 4.79 Å². The lowest BCUT2D eigenvalue weighted by Gasteiger charge is -2.09. The van der Waals surface area contributed by atoms with Crippen LogP contribution in [-0.4, -0.2) is 24.5 Å². The second-order valence-corrected chi connectivity index (χ2v) is 5.97. The molecule has 0 saturated carbocycles. The van der Waals surface area contributed by atoms with Crippen molar-refractivity contribution in [3.05, 3.63) is 59.7 Å². The van der Waals surface area contributed by atoms with E-state index in [2.05, 4.69) is 24.5 Å². The molecule has 136 valence electrons. The van der Waals surface area contributed by atoms with Crippen LogP contribution in [0.4, 0.5) is 16.2 Å². The standard InChI is InChI=1S/C19H21N3O4/c1-12(2)13-3-7-15(8-4-13)21-17(23)11-26-18(24)14-5-9-16(10-6-14)22-19(20)25/h3-10,12H,11H2,1-2H3,(H,21,23)(H3,20,22,25). The summed E-state index contributed by atoms with van der Waals surface area (Å²) in [4.78, 5) is 34.6. The van der Waals surface area contributed by atoms with Gasteiger partial charge in [-0.15, -0.1) is 0 Å². The molecule has 0 aliphatic heterocycles. The summed E-state index contributed by atoms with van der Waals surface area (Å²) >= 11 is 0. The number of benzene rings is 2. The van der Waals surface area contributed by atoms with E-state index in [1.54, 1.807) is 12.1 Å². The van der Waals surface area contributed by atoms with Gasteiger partial charge in [0.2, 0.25) is 0 Å². The highest BCUT2D eigenvalue weighted by Crippen LogP contribution is 2.17. The SMILES string of the molecule is CC(C)c1ccc(NC(=O)COC(=O)c2ccc(NC(N)=O)cc2)cc1. The predicted octanol–water partition coefficient (Wildman–Crippen LogP) is 3.10. The Morgan fingerprint density at radius 1 is 0.923 bits per heavy atom. The average molecular weight is 355 g/mol. The van der Waals surface area contributed by atoms with Crippen LogP contribution in [0, 0.1) is 0 Å². The van der Waals surface area contributed by atoms with Crippen molar-refractivity contribution in [1.29, 1.82) is 0 Å². The maximum absolute atomic E-state index is 11.9. The number of urea groups is 1. The molecule has 0 unspecified atom stereocenters. The van der Waals surface area contributed by atoms with Crippen LogP contribution in [0.5, 0.6) is 0 Å². The lowest BCUT2D eigenvalue weighted by molar-refractivity contribution is -0.119. The summed E-state index contributed by atoms with van der Waals surface area (Å²) in [6, 6.07) is 12.8. The fraction of sp³-hybridized carbons (Fsp3) is 0.211. The molecule has 0 spiro atoms. The van der Waals surface area contributed by atoms with Crippen molar-refractivity contribution in [2.45, 2.75) is 19.8 Å². The quantitative estimate of drug-likeness (QED) is 0.691. The molecule has 2 aromatic carbocycles. The number of nitrogens with one attached hydrogen (secondary N) is 2. The number of hydrogen-bond donors (Lipinski definition) is 3. The zero-order valence-electron chi connectivity index (χ0n) is 14.6. The van der Waals surface area contributed by atoms with Crippen LogP contribution in [-0.2, 0) is 9.53 Å². The van der Waals surface area contributed by atoms with Crippen molar-refractivity contribution < 1.29 is 19.1 Å². The van der Waals surface area contributed by atoms with Gasteiger partial charge in [-0.05, 0) is 47.9 Å². The monoisotopic (exact) mass is 355 g/mol. The smallest absolute Gasteiger partial charge is 0.338 e. The summed E-state index contributed by atoms with van der Waals surface area (Å²) in [6.45, 7) is 3.78. The normalized spacial score (nSPS) is 10.3. The minimum Gasteiger partial charge on any atom is -0.452 e. The Hall–Kier alpha value is -3.35. The van der Waals surface area contributed by atoms with Crippen molar-refractivity contribution in [1.82, 2.24) is 0 Å². The van der Waals surface area contributed by atoms with E-state index in [1.807, 2.05) is 12.1 Å². The van der Waals surface area contributed by atoms with E-state index >= 15 is 0 Å². The zero-order valence-corrected chi connectivity index (χ0v) is 14.6. The molecule has 2 rings (SSSR count). The average Bonchev–Trinajstić information content (AvgIpc) is 2.60. The molecule has 3 amide bonds. The largest absolute Gasteiger partial charge is 0.452 e. The van der Waals surface area contributed by atoms with Gasteiger partial charge in [0.05, 0.1) is 5.56 Å². The fourth-order valence-electron chi connectivity index (χ4n) is 2.19. The Balaban J connectivity index is 1.84. The van der Waals surface area contributed by atoms with Crippen molar-refractivity contribution in [3.8, 4) is 0 Å². The molecule has 2 aromatic rings. The Labute approximate surface area is 151 Å². The van der Waals surface area contributed by atoms with Crippen LogP contribution in [0.25, 0.3) is 0 Å². The third-order valence-electron chi connectivity index (χ3n) is 3.58. The molecule has 0 heterocycles. The highest BCUT2D eigenvalue weighted by Gasteiger charge is 2.11. The zero-order chi connectivity index (χ0) is 19.1. The van der Waals surface area contributed by atoms with E-state index < -0.39 is 24.5 Å². The number of hydrogen-bond acceptors (Lipinski definition) is 4. The summed E-state index contributed by atoms with van der Waals surface area (Å²) in [6.07, 6.45) is 0. The number of ether oxygens (including phenoxy) is 1. The first-order chi connectivity index (χ1) is 12.3. The molecule has 4 N–H and O–H groups in total. The first kappa shape index (κ1) is 19.0. The lowest BCUT2D eigenvalue weighted by Crippen LogP contribution is -2.21. The third kappa shape index (κ3) is 5.62. The molecule has 0 radical (unpaired) electrons. The van der Waals surface area contributed by atoms with Gasteiger partial charge in [-0.1, -0.05) is 26.0 Å². The van der Waals surface area contributed by atoms with Gasteiger partial charge in [-0.25, -0.2) is 9.59 Å². The second-order valence-electron chi connectivity index (χ2n) is 5.97. The van der Waals surface area contributed by atoms with Crippen LogP contribution in [0.2, 0.25) is 0 Å². The maximum atomic E-state index is 11.9. The van der Waals surface area contributed by atoms with Crippen molar-refractivity contribution in [3.63, 3.8) is 0 Å². The molecule has 7 nitrogen and oxygen atoms in total. The topological polar surface area (TPSA) is 111 Å². The summed E-state index contributed by atoms with van der Waals surface area (Å²) in [5.41, 5.74) is 7.52. The summed E-state index contributed by atoms with van der Waals surface area (Å²) in [7, 11) is 0. The first-order valence-corrected chi connectivity index (χ1v) is 8.08. The number of carbonyl (C=O) groups is 3. The molecule has 0 aliphatic carbocycles. The van der Waals surface area contributed by atoms with Crippen LogP contribution < -0.4 is 16.4 Å². The number of amides is 3. The van der Waals surface area contributed by atoms with Gasteiger partial charge in [-0.2, -0.15) is 0 Å². The lowest BCUT2D eigenvalue weighted by atomic mass is 10.0. The summed E-state index contributed by atoms with van der Waals surface area (Å²) in [5.74, 6) is -0.658. The van der Waals surface area contributed by atoms with E-state index in [9.17, 15) is 14.4 Å². The highest BCUT2D eigenvalue weighted by atomic mass is 16.5. The molecule has 0 aromatic heterocycles. The number of esters is 1. The van der Waals surface area contributed by atoms with E-state index in [0.717, 1.165) is 0 Å². The van der Waals surface area contributed by atoms with Crippen molar-refractivity contribution in [2.24, 2.45) is 5.73 Å². The van der Waals surface area contributed by atoms with Gasteiger partial charge in [0.25, 0.3) is 5.91 Å². The molecule has 0 fully saturated rings. The Morgan fingerprint density at radius 2 is 1.46 bits per heavy atom. The number of nitrogens with two attached hydrogens (primary N) is 1. The molecule has 0 atom stereocenters. The Bertz CT molecular complexity index is 783. The third-order valence-corrected chi connectivity index (χ3v) is 3.58. The Kier molecular flexibility index (Phi) is 6.32. The van der Waals surface area contributed by atoms with E-state index in [4.69, 9.17) is 10.5 Å². The van der Waals surface area contributed by atoms with Crippen LogP contribution in [0.1, 0.15) is 35.7 Å². The van der Waals surface area contributed by atoms with Gasteiger partial charge < -0.3 is 21.1 Å². The van der Waals surface area contributed by atoms with Gasteiger partial charge >= 0.3 is 12.0 Å². The van der Waals surface area contributed by atoms with Crippen LogP contribution >= 0.6 is 0 Å².